The topological polar surface area (TPSA) is 91.3 Å². The Morgan fingerprint density at radius 3 is 2.59 bits per heavy atom. The summed E-state index contributed by atoms with van der Waals surface area (Å²) in [7, 11) is 0. The van der Waals surface area contributed by atoms with Crippen LogP contribution in [-0.2, 0) is 0 Å². The second kappa shape index (κ2) is 6.52. The fourth-order valence-corrected chi connectivity index (χ4v) is 2.23. The zero-order valence-electron chi connectivity index (χ0n) is 11.4. The number of nitrogens with one attached hydrogen (secondary N) is 2. The van der Waals surface area contributed by atoms with E-state index in [1.807, 2.05) is 6.92 Å². The maximum atomic E-state index is 13.7. The summed E-state index contributed by atoms with van der Waals surface area (Å²) in [6.07, 6.45) is 3.06. The molecule has 114 valence electrons. The average molecular weight is 368 g/mol. The van der Waals surface area contributed by atoms with Crippen molar-refractivity contribution >= 4 is 39.3 Å². The van der Waals surface area contributed by atoms with Gasteiger partial charge in [-0.3, -0.25) is 4.98 Å². The van der Waals surface area contributed by atoms with Gasteiger partial charge in [-0.05, 0) is 30.7 Å². The van der Waals surface area contributed by atoms with Crippen molar-refractivity contribution in [1.29, 1.82) is 0 Å². The van der Waals surface area contributed by atoms with Gasteiger partial charge in [0.2, 0.25) is 0 Å². The van der Waals surface area contributed by atoms with Gasteiger partial charge in [0, 0.05) is 10.7 Å². The van der Waals surface area contributed by atoms with Gasteiger partial charge in [0.15, 0.2) is 0 Å². The van der Waals surface area contributed by atoms with Crippen LogP contribution in [-0.4, -0.2) is 22.1 Å². The van der Waals surface area contributed by atoms with Crippen molar-refractivity contribution < 1.29 is 19.1 Å². The number of aryl methyl sites for hydroxylation is 1. The molecular formula is C14H11BrFN3O3. The lowest BCUT2D eigenvalue weighted by atomic mass is 10.1. The number of pyridine rings is 1. The maximum absolute atomic E-state index is 13.7. The van der Waals surface area contributed by atoms with Crippen LogP contribution in [0.5, 0.6) is 0 Å². The summed E-state index contributed by atoms with van der Waals surface area (Å²) in [4.78, 5) is 26.9. The van der Waals surface area contributed by atoms with E-state index >= 15 is 0 Å². The monoisotopic (exact) mass is 367 g/mol. The maximum Gasteiger partial charge on any atom is 0.340 e. The summed E-state index contributed by atoms with van der Waals surface area (Å²) < 4.78 is 14.0. The molecule has 0 aliphatic carbocycles. The van der Waals surface area contributed by atoms with Crippen molar-refractivity contribution in [2.24, 2.45) is 0 Å². The van der Waals surface area contributed by atoms with Gasteiger partial charge < -0.3 is 15.7 Å². The zero-order valence-corrected chi connectivity index (χ0v) is 12.9. The highest BCUT2D eigenvalue weighted by Crippen LogP contribution is 2.25. The quantitative estimate of drug-likeness (QED) is 0.772. The highest BCUT2D eigenvalue weighted by Gasteiger charge is 2.19. The van der Waals surface area contributed by atoms with Crippen LogP contribution >= 0.6 is 15.9 Å². The molecule has 1 heterocycles. The van der Waals surface area contributed by atoms with Crippen LogP contribution in [0, 0.1) is 12.7 Å². The van der Waals surface area contributed by atoms with E-state index in [-0.39, 0.29) is 5.69 Å². The molecule has 0 atom stereocenters. The number of urea groups is 1. The van der Waals surface area contributed by atoms with Crippen molar-refractivity contribution in [2.45, 2.75) is 6.92 Å². The minimum atomic E-state index is -1.47. The Balaban J connectivity index is 2.23. The van der Waals surface area contributed by atoms with Gasteiger partial charge in [0.05, 0.1) is 17.6 Å². The number of hydrogen-bond acceptors (Lipinski definition) is 3. The molecule has 2 amide bonds. The van der Waals surface area contributed by atoms with Crippen molar-refractivity contribution in [3.05, 3.63) is 52.0 Å². The number of nitrogens with zero attached hydrogens (tertiary/aromatic N) is 1. The highest BCUT2D eigenvalue weighted by molar-refractivity contribution is 9.10. The van der Waals surface area contributed by atoms with Gasteiger partial charge in [-0.2, -0.15) is 0 Å². The number of carbonyl (C=O) groups excluding carboxylic acids is 1. The van der Waals surface area contributed by atoms with Gasteiger partial charge in [-0.1, -0.05) is 15.9 Å². The largest absolute Gasteiger partial charge is 0.478 e. The number of aromatic carboxylic acids is 1. The molecule has 1 aromatic carbocycles. The first-order valence-electron chi connectivity index (χ1n) is 6.09. The van der Waals surface area contributed by atoms with Crippen LogP contribution in [0.25, 0.3) is 0 Å². The summed E-state index contributed by atoms with van der Waals surface area (Å²) in [6, 6.07) is 3.30. The number of amides is 2. The first kappa shape index (κ1) is 15.9. The van der Waals surface area contributed by atoms with Crippen LogP contribution < -0.4 is 10.6 Å². The molecule has 0 saturated carbocycles. The van der Waals surface area contributed by atoms with Crippen molar-refractivity contribution in [2.75, 3.05) is 10.6 Å². The van der Waals surface area contributed by atoms with Crippen LogP contribution in [0.15, 0.2) is 35.1 Å². The average Bonchev–Trinajstić information content (AvgIpc) is 2.36. The van der Waals surface area contributed by atoms with E-state index in [9.17, 15) is 14.0 Å². The normalized spacial score (nSPS) is 10.1. The molecule has 2 aromatic rings. The minimum Gasteiger partial charge on any atom is -0.478 e. The predicted octanol–water partition coefficient (Wildman–Crippen LogP) is 3.63. The first-order valence-corrected chi connectivity index (χ1v) is 6.88. The minimum absolute atomic E-state index is 0.155. The van der Waals surface area contributed by atoms with E-state index in [0.29, 0.717) is 10.2 Å². The van der Waals surface area contributed by atoms with Gasteiger partial charge in [-0.15, -0.1) is 0 Å². The van der Waals surface area contributed by atoms with E-state index < -0.39 is 23.4 Å². The van der Waals surface area contributed by atoms with Crippen LogP contribution in [0.3, 0.4) is 0 Å². The van der Waals surface area contributed by atoms with E-state index in [1.54, 1.807) is 12.3 Å². The second-order valence-corrected chi connectivity index (χ2v) is 5.36. The highest BCUT2D eigenvalue weighted by atomic mass is 79.9. The summed E-state index contributed by atoms with van der Waals surface area (Å²) in [5.74, 6) is -2.42. The molecular weight excluding hydrogens is 357 g/mol. The van der Waals surface area contributed by atoms with Crippen molar-refractivity contribution in [1.82, 2.24) is 4.98 Å². The molecule has 22 heavy (non-hydrogen) atoms. The van der Waals surface area contributed by atoms with Crippen molar-refractivity contribution in [3.63, 3.8) is 0 Å². The van der Waals surface area contributed by atoms with Crippen LogP contribution in [0.2, 0.25) is 0 Å². The molecule has 0 unspecified atom stereocenters. The Morgan fingerprint density at radius 2 is 1.95 bits per heavy atom. The zero-order chi connectivity index (χ0) is 16.3. The SMILES string of the molecule is Cc1cncc(NC(=O)Nc2cc(Br)cc(F)c2C(=O)O)c1. The Kier molecular flexibility index (Phi) is 4.71. The van der Waals surface area contributed by atoms with Gasteiger partial charge in [0.25, 0.3) is 0 Å². The molecule has 0 fully saturated rings. The number of benzene rings is 1. The number of rotatable bonds is 3. The number of halogens is 2. The van der Waals surface area contributed by atoms with Gasteiger partial charge >= 0.3 is 12.0 Å². The molecule has 3 N–H and O–H groups in total. The Morgan fingerprint density at radius 1 is 1.23 bits per heavy atom. The standard InChI is InChI=1S/C14H11BrFN3O3/c1-7-2-9(6-17-5-7)18-14(22)19-11-4-8(15)3-10(16)12(11)13(20)21/h2-6H,1H3,(H,20,21)(H2,18,19,22). The number of hydrogen-bond donors (Lipinski definition) is 3. The second-order valence-electron chi connectivity index (χ2n) is 4.45. The lowest BCUT2D eigenvalue weighted by Crippen LogP contribution is -2.21. The fraction of sp³-hybridized carbons (Fsp3) is 0.0714. The number of anilines is 2. The lowest BCUT2D eigenvalue weighted by Gasteiger charge is -2.11. The number of carboxylic acids is 1. The summed E-state index contributed by atoms with van der Waals surface area (Å²) >= 11 is 3.05. The molecule has 8 heteroatoms. The van der Waals surface area contributed by atoms with Gasteiger partial charge in [0.1, 0.15) is 11.4 Å². The predicted molar refractivity (Wildman–Crippen MR) is 82.7 cm³/mol. The molecule has 0 radical (unpaired) electrons. The molecule has 6 nitrogen and oxygen atoms in total. The van der Waals surface area contributed by atoms with E-state index in [1.165, 1.54) is 12.3 Å². The smallest absolute Gasteiger partial charge is 0.340 e. The van der Waals surface area contributed by atoms with E-state index in [0.717, 1.165) is 11.6 Å². The van der Waals surface area contributed by atoms with Crippen LogP contribution in [0.4, 0.5) is 20.6 Å². The Bertz CT molecular complexity index is 752. The van der Waals surface area contributed by atoms with Gasteiger partial charge in [-0.25, -0.2) is 14.0 Å². The summed E-state index contributed by atoms with van der Waals surface area (Å²) in [5.41, 5.74) is 0.514. The molecule has 0 spiro atoms. The molecule has 0 aliphatic heterocycles. The third kappa shape index (κ3) is 3.79. The molecule has 0 bridgehead atoms. The molecule has 0 aliphatic rings. The third-order valence-corrected chi connectivity index (χ3v) is 3.11. The molecule has 2 rings (SSSR count). The van der Waals surface area contributed by atoms with Crippen LogP contribution in [0.1, 0.15) is 15.9 Å². The third-order valence-electron chi connectivity index (χ3n) is 2.65. The summed E-state index contributed by atoms with van der Waals surface area (Å²) in [6.45, 7) is 1.81. The number of aromatic nitrogens is 1. The fourth-order valence-electron chi connectivity index (χ4n) is 1.80. The Labute approximate surface area is 133 Å². The number of carbonyl (C=O) groups is 2. The number of carboxylic acid groups (broad SMARTS) is 1. The first-order chi connectivity index (χ1) is 10.4. The lowest BCUT2D eigenvalue weighted by molar-refractivity contribution is 0.0693. The Hall–Kier alpha value is -2.48. The molecule has 1 aromatic heterocycles. The molecule has 0 saturated heterocycles. The van der Waals surface area contributed by atoms with E-state index in [4.69, 9.17) is 5.11 Å². The summed E-state index contributed by atoms with van der Waals surface area (Å²) in [5, 5.41) is 13.8. The van der Waals surface area contributed by atoms with Crippen molar-refractivity contribution in [3.8, 4) is 0 Å². The van der Waals surface area contributed by atoms with E-state index in [2.05, 4.69) is 31.5 Å².